The predicted molar refractivity (Wildman–Crippen MR) is 70.4 cm³/mol. The van der Waals surface area contributed by atoms with Crippen molar-refractivity contribution in [1.29, 1.82) is 0 Å². The summed E-state index contributed by atoms with van der Waals surface area (Å²) in [6.45, 7) is 0.942. The molecule has 0 atom stereocenters. The summed E-state index contributed by atoms with van der Waals surface area (Å²) >= 11 is 0. The van der Waals surface area contributed by atoms with Crippen molar-refractivity contribution in [3.63, 3.8) is 0 Å². The molecule has 4 heteroatoms. The molecule has 0 aromatic heterocycles. The lowest BCUT2D eigenvalue weighted by atomic mass is 10.1. The first-order chi connectivity index (χ1) is 9.15. The van der Waals surface area contributed by atoms with E-state index in [0.29, 0.717) is 18.0 Å². The van der Waals surface area contributed by atoms with Crippen LogP contribution in [-0.2, 0) is 0 Å². The molecule has 1 amide bonds. The zero-order chi connectivity index (χ0) is 13.8. The molecule has 0 bridgehead atoms. The molecule has 100 valence electrons. The number of hydrogen-bond donors (Lipinski definition) is 0. The van der Waals surface area contributed by atoms with Gasteiger partial charge in [0.2, 0.25) is 0 Å². The Balaban J connectivity index is 2.17. The fourth-order valence-electron chi connectivity index (χ4n) is 1.92. The number of terminal acetylenes is 1. The number of halogens is 1. The third-order valence-corrected chi connectivity index (χ3v) is 3.14. The summed E-state index contributed by atoms with van der Waals surface area (Å²) in [4.78, 5) is 14.0. The van der Waals surface area contributed by atoms with Crippen molar-refractivity contribution in [3.05, 3.63) is 29.6 Å². The number of rotatable bonds is 5. The van der Waals surface area contributed by atoms with Crippen LogP contribution >= 0.6 is 0 Å². The number of benzene rings is 1. The molecule has 0 radical (unpaired) electrons. The van der Waals surface area contributed by atoms with Gasteiger partial charge in [0.1, 0.15) is 0 Å². The molecule has 1 fully saturated rings. The van der Waals surface area contributed by atoms with Crippen molar-refractivity contribution >= 4 is 5.91 Å². The minimum absolute atomic E-state index is 0.0675. The molecule has 2 rings (SSSR count). The molecule has 1 aliphatic rings. The average Bonchev–Trinajstić information content (AvgIpc) is 3.22. The molecule has 0 N–H and O–H groups in total. The van der Waals surface area contributed by atoms with Gasteiger partial charge in [0, 0.05) is 12.1 Å². The molecule has 3 nitrogen and oxygen atoms in total. The van der Waals surface area contributed by atoms with E-state index in [1.165, 1.54) is 25.3 Å². The highest BCUT2D eigenvalue weighted by Gasteiger charge is 2.27. The van der Waals surface area contributed by atoms with Gasteiger partial charge in [-0.3, -0.25) is 4.79 Å². The molecular weight excluding hydrogens is 245 g/mol. The number of methoxy groups -OCH3 is 1. The summed E-state index contributed by atoms with van der Waals surface area (Å²) in [5.74, 6) is 2.45. The highest BCUT2D eigenvalue weighted by atomic mass is 19.1. The van der Waals surface area contributed by atoms with Gasteiger partial charge in [-0.15, -0.1) is 6.42 Å². The number of hydrogen-bond acceptors (Lipinski definition) is 2. The minimum Gasteiger partial charge on any atom is -0.494 e. The van der Waals surface area contributed by atoms with E-state index >= 15 is 0 Å². The summed E-state index contributed by atoms with van der Waals surface area (Å²) in [5, 5.41) is 0. The molecule has 1 saturated carbocycles. The van der Waals surface area contributed by atoms with Crippen LogP contribution in [0.4, 0.5) is 4.39 Å². The second-order valence-electron chi connectivity index (χ2n) is 4.68. The van der Waals surface area contributed by atoms with Crippen LogP contribution in [0.3, 0.4) is 0 Å². The highest BCUT2D eigenvalue weighted by Crippen LogP contribution is 2.30. The van der Waals surface area contributed by atoms with Crippen LogP contribution in [0.1, 0.15) is 23.2 Å². The van der Waals surface area contributed by atoms with Gasteiger partial charge >= 0.3 is 0 Å². The Morgan fingerprint density at radius 1 is 1.58 bits per heavy atom. The topological polar surface area (TPSA) is 29.5 Å². The van der Waals surface area contributed by atoms with Crippen LogP contribution in [0.2, 0.25) is 0 Å². The molecule has 0 heterocycles. The Morgan fingerprint density at radius 3 is 2.89 bits per heavy atom. The number of carbonyl (C=O) groups excluding carboxylic acids is 1. The summed E-state index contributed by atoms with van der Waals surface area (Å²) in [5.41, 5.74) is 0.397. The molecule has 1 aromatic carbocycles. The predicted octanol–water partition coefficient (Wildman–Crippen LogP) is 2.32. The lowest BCUT2D eigenvalue weighted by Gasteiger charge is -2.20. The largest absolute Gasteiger partial charge is 0.494 e. The van der Waals surface area contributed by atoms with Crippen molar-refractivity contribution in [2.24, 2.45) is 5.92 Å². The first-order valence-electron chi connectivity index (χ1n) is 6.22. The van der Waals surface area contributed by atoms with E-state index in [-0.39, 0.29) is 18.2 Å². The van der Waals surface area contributed by atoms with E-state index in [9.17, 15) is 9.18 Å². The SMILES string of the molecule is C#CCN(CC1CC1)C(=O)c1ccc(F)c(OC)c1. The maximum atomic E-state index is 13.3. The summed E-state index contributed by atoms with van der Waals surface area (Å²) in [7, 11) is 1.37. The Hall–Kier alpha value is -2.02. The van der Waals surface area contributed by atoms with Crippen molar-refractivity contribution in [3.8, 4) is 18.1 Å². The number of carbonyl (C=O) groups is 1. The monoisotopic (exact) mass is 261 g/mol. The van der Waals surface area contributed by atoms with Crippen molar-refractivity contribution < 1.29 is 13.9 Å². The zero-order valence-electron chi connectivity index (χ0n) is 10.9. The smallest absolute Gasteiger partial charge is 0.254 e. The molecular formula is C15H16FNO2. The summed E-state index contributed by atoms with van der Waals surface area (Å²) in [6.07, 6.45) is 7.57. The quantitative estimate of drug-likeness (QED) is 0.761. The van der Waals surface area contributed by atoms with Crippen LogP contribution in [0.25, 0.3) is 0 Å². The van der Waals surface area contributed by atoms with Crippen molar-refractivity contribution in [2.75, 3.05) is 20.2 Å². The van der Waals surface area contributed by atoms with Crippen molar-refractivity contribution in [2.45, 2.75) is 12.8 Å². The summed E-state index contributed by atoms with van der Waals surface area (Å²) < 4.78 is 18.2. The summed E-state index contributed by atoms with van der Waals surface area (Å²) in [6, 6.07) is 4.10. The van der Waals surface area contributed by atoms with E-state index in [1.54, 1.807) is 4.90 Å². The molecule has 19 heavy (non-hydrogen) atoms. The van der Waals surface area contributed by atoms with E-state index in [0.717, 1.165) is 12.8 Å². The standard InChI is InChI=1S/C15H16FNO2/c1-3-8-17(10-11-4-5-11)15(18)12-6-7-13(16)14(9-12)19-2/h1,6-7,9,11H,4-5,8,10H2,2H3. The van der Waals surface area contributed by atoms with Gasteiger partial charge in [-0.2, -0.15) is 0 Å². The Morgan fingerprint density at radius 2 is 2.32 bits per heavy atom. The van der Waals surface area contributed by atoms with Crippen LogP contribution < -0.4 is 4.74 Å². The molecule has 1 aliphatic carbocycles. The van der Waals surface area contributed by atoms with Crippen LogP contribution in [0.15, 0.2) is 18.2 Å². The molecule has 0 aliphatic heterocycles. The molecule has 0 unspecified atom stereocenters. The Labute approximate surface area is 112 Å². The zero-order valence-corrected chi connectivity index (χ0v) is 10.9. The van der Waals surface area contributed by atoms with Gasteiger partial charge in [-0.05, 0) is 37.0 Å². The van der Waals surface area contributed by atoms with E-state index in [2.05, 4.69) is 5.92 Å². The van der Waals surface area contributed by atoms with Crippen LogP contribution in [0.5, 0.6) is 5.75 Å². The first kappa shape index (κ1) is 13.4. The number of nitrogens with zero attached hydrogens (tertiary/aromatic N) is 1. The fourth-order valence-corrected chi connectivity index (χ4v) is 1.92. The maximum absolute atomic E-state index is 13.3. The third kappa shape index (κ3) is 3.25. The van der Waals surface area contributed by atoms with E-state index in [4.69, 9.17) is 11.2 Å². The third-order valence-electron chi connectivity index (χ3n) is 3.14. The van der Waals surface area contributed by atoms with Crippen LogP contribution in [0, 0.1) is 24.1 Å². The molecule has 0 saturated heterocycles. The molecule has 0 spiro atoms. The highest BCUT2D eigenvalue weighted by molar-refractivity contribution is 5.94. The van der Waals surface area contributed by atoms with Gasteiger partial charge < -0.3 is 9.64 Å². The van der Waals surface area contributed by atoms with Gasteiger partial charge in [-0.1, -0.05) is 5.92 Å². The number of amides is 1. The van der Waals surface area contributed by atoms with Crippen LogP contribution in [-0.4, -0.2) is 31.0 Å². The van der Waals surface area contributed by atoms with E-state index < -0.39 is 5.82 Å². The van der Waals surface area contributed by atoms with Gasteiger partial charge in [0.15, 0.2) is 11.6 Å². The normalized spacial score (nSPS) is 13.7. The second kappa shape index (κ2) is 5.75. The van der Waals surface area contributed by atoms with Gasteiger partial charge in [-0.25, -0.2) is 4.39 Å². The van der Waals surface area contributed by atoms with Gasteiger partial charge in [0.25, 0.3) is 5.91 Å². The van der Waals surface area contributed by atoms with E-state index in [1.807, 2.05) is 0 Å². The number of ether oxygens (including phenoxy) is 1. The minimum atomic E-state index is -0.482. The second-order valence-corrected chi connectivity index (χ2v) is 4.68. The van der Waals surface area contributed by atoms with Crippen molar-refractivity contribution in [1.82, 2.24) is 4.90 Å². The first-order valence-corrected chi connectivity index (χ1v) is 6.22. The Bertz CT molecular complexity index is 517. The fraction of sp³-hybridized carbons (Fsp3) is 0.400. The average molecular weight is 261 g/mol. The Kier molecular flexibility index (Phi) is 4.06. The van der Waals surface area contributed by atoms with Gasteiger partial charge in [0.05, 0.1) is 13.7 Å². The maximum Gasteiger partial charge on any atom is 0.254 e. The lowest BCUT2D eigenvalue weighted by molar-refractivity contribution is 0.0769. The molecule has 1 aromatic rings. The lowest BCUT2D eigenvalue weighted by Crippen LogP contribution is -2.33.